The van der Waals surface area contributed by atoms with Gasteiger partial charge in [-0.1, -0.05) is 30.3 Å². The fourth-order valence-corrected chi connectivity index (χ4v) is 3.92. The number of aryl methyl sites for hydroxylation is 2. The first kappa shape index (κ1) is 23.5. The summed E-state index contributed by atoms with van der Waals surface area (Å²) in [6, 6.07) is 15.7. The Balaban J connectivity index is 1.40. The van der Waals surface area contributed by atoms with Crippen molar-refractivity contribution in [3.63, 3.8) is 0 Å². The van der Waals surface area contributed by atoms with Crippen LogP contribution in [0.25, 0.3) is 0 Å². The third-order valence-electron chi connectivity index (χ3n) is 5.73. The highest BCUT2D eigenvalue weighted by atomic mass is 16.2. The molecule has 1 aliphatic heterocycles. The third kappa shape index (κ3) is 6.91. The SMILES string of the molecule is Cc1cccc(C)c1NC(=O)CNC(=O)CN1CCCN(Cc2ccc(C#N)cc2)CC1. The van der Waals surface area contributed by atoms with Gasteiger partial charge in [0.1, 0.15) is 0 Å². The minimum atomic E-state index is -0.222. The lowest BCUT2D eigenvalue weighted by Gasteiger charge is -2.21. The summed E-state index contributed by atoms with van der Waals surface area (Å²) in [7, 11) is 0. The minimum absolute atomic E-state index is 0.0364. The van der Waals surface area contributed by atoms with Crippen LogP contribution < -0.4 is 10.6 Å². The molecule has 0 saturated carbocycles. The van der Waals surface area contributed by atoms with Crippen molar-refractivity contribution in [2.24, 2.45) is 0 Å². The minimum Gasteiger partial charge on any atom is -0.346 e. The molecular formula is C25H31N5O2. The molecule has 0 unspecified atom stereocenters. The van der Waals surface area contributed by atoms with E-state index in [0.717, 1.165) is 56.0 Å². The second-order valence-electron chi connectivity index (χ2n) is 8.31. The van der Waals surface area contributed by atoms with Crippen molar-refractivity contribution < 1.29 is 9.59 Å². The Bertz CT molecular complexity index is 961. The number of carbonyl (C=O) groups excluding carboxylic acids is 2. The van der Waals surface area contributed by atoms with Gasteiger partial charge in [-0.15, -0.1) is 0 Å². The molecule has 32 heavy (non-hydrogen) atoms. The number of hydrogen-bond acceptors (Lipinski definition) is 5. The van der Waals surface area contributed by atoms with Gasteiger partial charge in [-0.3, -0.25) is 19.4 Å². The molecule has 3 rings (SSSR count). The Kier molecular flexibility index (Phi) is 8.37. The number of nitrogens with one attached hydrogen (secondary N) is 2. The van der Waals surface area contributed by atoms with Crippen molar-refractivity contribution >= 4 is 17.5 Å². The summed E-state index contributed by atoms with van der Waals surface area (Å²) in [6.07, 6.45) is 0.983. The van der Waals surface area contributed by atoms with Crippen LogP contribution >= 0.6 is 0 Å². The topological polar surface area (TPSA) is 88.5 Å². The summed E-state index contributed by atoms with van der Waals surface area (Å²) in [5.74, 6) is -0.359. The summed E-state index contributed by atoms with van der Waals surface area (Å²) in [5, 5.41) is 14.6. The monoisotopic (exact) mass is 433 g/mol. The highest BCUT2D eigenvalue weighted by Crippen LogP contribution is 2.19. The second kappa shape index (κ2) is 11.4. The zero-order valence-electron chi connectivity index (χ0n) is 18.9. The number of nitrogens with zero attached hydrogens (tertiary/aromatic N) is 3. The number of nitriles is 1. The summed E-state index contributed by atoms with van der Waals surface area (Å²) < 4.78 is 0. The molecule has 1 fully saturated rings. The Hall–Kier alpha value is -3.21. The van der Waals surface area contributed by atoms with E-state index in [9.17, 15) is 9.59 Å². The molecule has 7 nitrogen and oxygen atoms in total. The van der Waals surface area contributed by atoms with Crippen LogP contribution in [0, 0.1) is 25.2 Å². The van der Waals surface area contributed by atoms with E-state index in [1.54, 1.807) is 0 Å². The van der Waals surface area contributed by atoms with Crippen molar-refractivity contribution in [2.45, 2.75) is 26.8 Å². The Labute approximate surface area is 190 Å². The molecule has 0 aliphatic carbocycles. The largest absolute Gasteiger partial charge is 0.346 e. The maximum Gasteiger partial charge on any atom is 0.243 e. The van der Waals surface area contributed by atoms with Gasteiger partial charge in [0.25, 0.3) is 0 Å². The van der Waals surface area contributed by atoms with E-state index in [4.69, 9.17) is 5.26 Å². The molecular weight excluding hydrogens is 402 g/mol. The van der Waals surface area contributed by atoms with Gasteiger partial charge < -0.3 is 10.6 Å². The summed E-state index contributed by atoms with van der Waals surface area (Å²) in [6.45, 7) is 8.49. The van der Waals surface area contributed by atoms with Gasteiger partial charge in [0, 0.05) is 25.3 Å². The summed E-state index contributed by atoms with van der Waals surface area (Å²) in [4.78, 5) is 29.1. The van der Waals surface area contributed by atoms with Crippen LogP contribution in [0.1, 0.15) is 28.7 Å². The van der Waals surface area contributed by atoms with Gasteiger partial charge in [-0.2, -0.15) is 5.26 Å². The molecule has 2 aromatic carbocycles. The molecule has 2 N–H and O–H groups in total. The quantitative estimate of drug-likeness (QED) is 0.700. The average Bonchev–Trinajstić information content (AvgIpc) is 3.00. The second-order valence-corrected chi connectivity index (χ2v) is 8.31. The van der Waals surface area contributed by atoms with Crippen molar-refractivity contribution in [2.75, 3.05) is 44.6 Å². The first-order chi connectivity index (χ1) is 15.4. The van der Waals surface area contributed by atoms with Gasteiger partial charge in [0.15, 0.2) is 0 Å². The number of para-hydroxylation sites is 1. The van der Waals surface area contributed by atoms with Crippen LogP contribution in [0.3, 0.4) is 0 Å². The third-order valence-corrected chi connectivity index (χ3v) is 5.73. The Morgan fingerprint density at radius 1 is 0.938 bits per heavy atom. The van der Waals surface area contributed by atoms with Crippen molar-refractivity contribution in [3.8, 4) is 6.07 Å². The molecule has 0 radical (unpaired) electrons. The predicted molar refractivity (Wildman–Crippen MR) is 125 cm³/mol. The summed E-state index contributed by atoms with van der Waals surface area (Å²) in [5.41, 5.74) is 4.66. The molecule has 0 atom stereocenters. The predicted octanol–water partition coefficient (Wildman–Crippen LogP) is 2.44. The normalized spacial score (nSPS) is 14.9. The fourth-order valence-electron chi connectivity index (χ4n) is 3.92. The maximum atomic E-state index is 12.4. The zero-order valence-corrected chi connectivity index (χ0v) is 18.9. The maximum absolute atomic E-state index is 12.4. The first-order valence-corrected chi connectivity index (χ1v) is 11.0. The van der Waals surface area contributed by atoms with Gasteiger partial charge in [-0.05, 0) is 62.2 Å². The molecule has 0 spiro atoms. The van der Waals surface area contributed by atoms with E-state index in [1.165, 1.54) is 5.56 Å². The number of benzene rings is 2. The highest BCUT2D eigenvalue weighted by molar-refractivity contribution is 5.95. The van der Waals surface area contributed by atoms with Crippen molar-refractivity contribution in [1.29, 1.82) is 5.26 Å². The molecule has 168 valence electrons. The van der Waals surface area contributed by atoms with Gasteiger partial charge >= 0.3 is 0 Å². The van der Waals surface area contributed by atoms with E-state index >= 15 is 0 Å². The summed E-state index contributed by atoms with van der Waals surface area (Å²) >= 11 is 0. The first-order valence-electron chi connectivity index (χ1n) is 11.0. The lowest BCUT2D eigenvalue weighted by atomic mass is 10.1. The number of amides is 2. The standard InChI is InChI=1S/C25H31N5O2/c1-19-5-3-6-20(2)25(19)28-23(31)16-27-24(32)18-30-12-4-11-29(13-14-30)17-22-9-7-21(15-26)8-10-22/h3,5-10H,4,11-14,16-18H2,1-2H3,(H,27,32)(H,28,31). The van der Waals surface area contributed by atoms with E-state index in [1.807, 2.05) is 56.3 Å². The molecule has 7 heteroatoms. The van der Waals surface area contributed by atoms with Crippen molar-refractivity contribution in [3.05, 3.63) is 64.7 Å². The molecule has 1 heterocycles. The molecule has 0 aromatic heterocycles. The fraction of sp³-hybridized carbons (Fsp3) is 0.400. The molecule has 0 bridgehead atoms. The van der Waals surface area contributed by atoms with Gasteiger partial charge in [0.2, 0.25) is 11.8 Å². The number of hydrogen-bond donors (Lipinski definition) is 2. The van der Waals surface area contributed by atoms with Gasteiger partial charge in [0.05, 0.1) is 24.7 Å². The lowest BCUT2D eigenvalue weighted by Crippen LogP contribution is -2.41. The van der Waals surface area contributed by atoms with E-state index < -0.39 is 0 Å². The molecule has 2 aromatic rings. The Morgan fingerprint density at radius 3 is 2.28 bits per heavy atom. The van der Waals surface area contributed by atoms with Crippen LogP contribution in [0.5, 0.6) is 0 Å². The van der Waals surface area contributed by atoms with Crippen molar-refractivity contribution in [1.82, 2.24) is 15.1 Å². The van der Waals surface area contributed by atoms with Crippen LogP contribution in [-0.2, 0) is 16.1 Å². The van der Waals surface area contributed by atoms with Crippen LogP contribution in [0.15, 0.2) is 42.5 Å². The molecule has 1 aliphatic rings. The van der Waals surface area contributed by atoms with Crippen LogP contribution in [-0.4, -0.2) is 60.9 Å². The number of anilines is 1. The Morgan fingerprint density at radius 2 is 1.59 bits per heavy atom. The van der Waals surface area contributed by atoms with E-state index in [-0.39, 0.29) is 18.4 Å². The lowest BCUT2D eigenvalue weighted by molar-refractivity contribution is -0.125. The van der Waals surface area contributed by atoms with E-state index in [2.05, 4.69) is 26.5 Å². The average molecular weight is 434 g/mol. The van der Waals surface area contributed by atoms with Gasteiger partial charge in [-0.25, -0.2) is 0 Å². The smallest absolute Gasteiger partial charge is 0.243 e. The number of carbonyl (C=O) groups is 2. The van der Waals surface area contributed by atoms with Crippen LogP contribution in [0.4, 0.5) is 5.69 Å². The molecule has 1 saturated heterocycles. The number of rotatable bonds is 7. The molecule has 2 amide bonds. The van der Waals surface area contributed by atoms with Crippen LogP contribution in [0.2, 0.25) is 0 Å². The highest BCUT2D eigenvalue weighted by Gasteiger charge is 2.18. The zero-order chi connectivity index (χ0) is 22.9. The van der Waals surface area contributed by atoms with E-state index in [0.29, 0.717) is 12.1 Å².